The molecule has 1 aromatic rings. The lowest BCUT2D eigenvalue weighted by atomic mass is 10.1. The predicted octanol–water partition coefficient (Wildman–Crippen LogP) is 2.42. The van der Waals surface area contributed by atoms with Gasteiger partial charge < -0.3 is 0 Å². The molecule has 1 nitrogen and oxygen atoms in total. The fraction of sp³-hybridized carbons (Fsp3) is 0.222. The number of halogens is 2. The Bertz CT molecular complexity index is 315. The zero-order valence-corrected chi connectivity index (χ0v) is 6.35. The van der Waals surface area contributed by atoms with Crippen LogP contribution in [0.25, 0.3) is 0 Å². The van der Waals surface area contributed by atoms with Gasteiger partial charge in [-0.15, -0.1) is 0 Å². The van der Waals surface area contributed by atoms with Gasteiger partial charge in [-0.05, 0) is 30.2 Å². The Hall–Kier alpha value is -1.43. The first kappa shape index (κ1) is 8.66. The number of benzene rings is 1. The molecule has 0 spiro atoms. The van der Waals surface area contributed by atoms with E-state index in [1.165, 1.54) is 0 Å². The molecule has 0 fully saturated rings. The van der Waals surface area contributed by atoms with Gasteiger partial charge in [-0.1, -0.05) is 0 Å². The maximum absolute atomic E-state index is 12.8. The first-order valence-electron chi connectivity index (χ1n) is 3.55. The number of hydrogen-bond donors (Lipinski definition) is 0. The van der Waals surface area contributed by atoms with Crippen LogP contribution in [0.3, 0.4) is 0 Å². The molecule has 0 N–H and O–H groups in total. The summed E-state index contributed by atoms with van der Waals surface area (Å²) < 4.78 is 25.3. The first-order chi connectivity index (χ1) is 5.74. The second kappa shape index (κ2) is 3.82. The fourth-order valence-electron chi connectivity index (χ4n) is 0.925. The van der Waals surface area contributed by atoms with Gasteiger partial charge in [0.15, 0.2) is 0 Å². The average molecular weight is 167 g/mol. The molecule has 0 aliphatic carbocycles. The van der Waals surface area contributed by atoms with E-state index in [4.69, 9.17) is 5.26 Å². The van der Waals surface area contributed by atoms with Gasteiger partial charge in [0.25, 0.3) is 0 Å². The van der Waals surface area contributed by atoms with Crippen LogP contribution in [0.2, 0.25) is 0 Å². The summed E-state index contributed by atoms with van der Waals surface area (Å²) in [5, 5.41) is 8.22. The highest BCUT2D eigenvalue weighted by atomic mass is 19.1. The van der Waals surface area contributed by atoms with Crippen molar-refractivity contribution in [3.05, 3.63) is 35.4 Å². The molecule has 0 atom stereocenters. The summed E-state index contributed by atoms with van der Waals surface area (Å²) in [4.78, 5) is 0. The normalized spacial score (nSPS) is 9.42. The van der Waals surface area contributed by atoms with Gasteiger partial charge in [0.2, 0.25) is 0 Å². The molecule has 0 saturated carbocycles. The van der Waals surface area contributed by atoms with Crippen molar-refractivity contribution in [2.45, 2.75) is 12.8 Å². The topological polar surface area (TPSA) is 23.8 Å². The minimum atomic E-state index is -0.468. The number of rotatable bonds is 2. The van der Waals surface area contributed by atoms with Crippen LogP contribution in [0.1, 0.15) is 12.0 Å². The Balaban J connectivity index is 2.84. The Morgan fingerprint density at radius 3 is 2.75 bits per heavy atom. The van der Waals surface area contributed by atoms with Gasteiger partial charge >= 0.3 is 0 Å². The number of nitrogens with zero attached hydrogens (tertiary/aromatic N) is 1. The van der Waals surface area contributed by atoms with Gasteiger partial charge in [0, 0.05) is 6.42 Å². The first-order valence-corrected chi connectivity index (χ1v) is 3.55. The van der Waals surface area contributed by atoms with E-state index < -0.39 is 11.6 Å². The van der Waals surface area contributed by atoms with Crippen molar-refractivity contribution in [3.63, 3.8) is 0 Å². The second-order valence-corrected chi connectivity index (χ2v) is 2.39. The largest absolute Gasteiger partial charge is 0.207 e. The predicted molar refractivity (Wildman–Crippen MR) is 40.3 cm³/mol. The highest BCUT2D eigenvalue weighted by molar-refractivity contribution is 5.19. The molecule has 0 unspecified atom stereocenters. The maximum atomic E-state index is 12.8. The van der Waals surface area contributed by atoms with E-state index in [0.29, 0.717) is 0 Å². The van der Waals surface area contributed by atoms with E-state index in [1.807, 2.05) is 6.07 Å². The van der Waals surface area contributed by atoms with Crippen LogP contribution in [-0.2, 0) is 6.42 Å². The Morgan fingerprint density at radius 1 is 1.33 bits per heavy atom. The highest BCUT2D eigenvalue weighted by Crippen LogP contribution is 2.11. The minimum Gasteiger partial charge on any atom is -0.207 e. The molecule has 0 heterocycles. The van der Waals surface area contributed by atoms with E-state index in [2.05, 4.69) is 0 Å². The van der Waals surface area contributed by atoms with E-state index >= 15 is 0 Å². The van der Waals surface area contributed by atoms with Crippen LogP contribution in [0.15, 0.2) is 18.2 Å². The van der Waals surface area contributed by atoms with Crippen LogP contribution in [-0.4, -0.2) is 0 Å². The third kappa shape index (κ3) is 2.03. The monoisotopic (exact) mass is 167 g/mol. The van der Waals surface area contributed by atoms with Gasteiger partial charge in [-0.2, -0.15) is 5.26 Å². The molecule has 0 bridgehead atoms. The van der Waals surface area contributed by atoms with Crippen molar-refractivity contribution in [1.29, 1.82) is 5.26 Å². The summed E-state index contributed by atoms with van der Waals surface area (Å²) in [6.45, 7) is 0. The molecule has 12 heavy (non-hydrogen) atoms. The number of nitriles is 1. The molecule has 0 saturated heterocycles. The lowest BCUT2D eigenvalue weighted by molar-refractivity contribution is 0.585. The molecular formula is C9H7F2N. The SMILES string of the molecule is N#CCCc1cc(F)ccc1F. The maximum Gasteiger partial charge on any atom is 0.126 e. The van der Waals surface area contributed by atoms with Crippen LogP contribution in [0.5, 0.6) is 0 Å². The van der Waals surface area contributed by atoms with Gasteiger partial charge in [0.05, 0.1) is 6.07 Å². The molecule has 0 aliphatic rings. The summed E-state index contributed by atoms with van der Waals surface area (Å²) in [5.74, 6) is -0.920. The Kier molecular flexibility index (Phi) is 2.76. The molecule has 0 amide bonds. The van der Waals surface area contributed by atoms with E-state index in [-0.39, 0.29) is 18.4 Å². The molecule has 3 heteroatoms. The fourth-order valence-corrected chi connectivity index (χ4v) is 0.925. The van der Waals surface area contributed by atoms with Gasteiger partial charge in [-0.25, -0.2) is 8.78 Å². The van der Waals surface area contributed by atoms with E-state index in [1.54, 1.807) is 0 Å². The van der Waals surface area contributed by atoms with E-state index in [0.717, 1.165) is 18.2 Å². The van der Waals surface area contributed by atoms with Crippen molar-refractivity contribution in [2.24, 2.45) is 0 Å². The lowest BCUT2D eigenvalue weighted by Crippen LogP contribution is -1.90. The van der Waals surface area contributed by atoms with Crippen LogP contribution >= 0.6 is 0 Å². The van der Waals surface area contributed by atoms with E-state index in [9.17, 15) is 8.78 Å². The zero-order valence-electron chi connectivity index (χ0n) is 6.35. The smallest absolute Gasteiger partial charge is 0.126 e. The molecule has 0 aromatic heterocycles. The molecule has 1 aromatic carbocycles. The molecule has 0 aliphatic heterocycles. The number of aryl methyl sites for hydroxylation is 1. The van der Waals surface area contributed by atoms with Gasteiger partial charge in [0.1, 0.15) is 11.6 Å². The Morgan fingerprint density at radius 2 is 2.08 bits per heavy atom. The third-order valence-corrected chi connectivity index (χ3v) is 1.51. The van der Waals surface area contributed by atoms with Crippen molar-refractivity contribution in [2.75, 3.05) is 0 Å². The summed E-state index contributed by atoms with van der Waals surface area (Å²) >= 11 is 0. The number of hydrogen-bond acceptors (Lipinski definition) is 1. The van der Waals surface area contributed by atoms with Crippen molar-refractivity contribution >= 4 is 0 Å². The zero-order chi connectivity index (χ0) is 8.97. The highest BCUT2D eigenvalue weighted by Gasteiger charge is 2.02. The molecule has 0 radical (unpaired) electrons. The van der Waals surface area contributed by atoms with Crippen molar-refractivity contribution in [1.82, 2.24) is 0 Å². The van der Waals surface area contributed by atoms with Crippen LogP contribution in [0.4, 0.5) is 8.78 Å². The Labute approximate surface area is 69.2 Å². The summed E-state index contributed by atoms with van der Waals surface area (Å²) in [7, 11) is 0. The molecule has 1 rings (SSSR count). The van der Waals surface area contributed by atoms with Crippen molar-refractivity contribution in [3.8, 4) is 6.07 Å². The lowest BCUT2D eigenvalue weighted by Gasteiger charge is -1.98. The summed E-state index contributed by atoms with van der Waals surface area (Å²) in [6, 6.07) is 5.12. The van der Waals surface area contributed by atoms with Crippen LogP contribution in [0, 0.1) is 23.0 Å². The van der Waals surface area contributed by atoms with Crippen LogP contribution < -0.4 is 0 Å². The summed E-state index contributed by atoms with van der Waals surface area (Å²) in [5.41, 5.74) is 0.261. The second-order valence-electron chi connectivity index (χ2n) is 2.39. The standard InChI is InChI=1S/C9H7F2N/c10-8-3-4-9(11)7(6-8)2-1-5-12/h3-4,6H,1-2H2. The van der Waals surface area contributed by atoms with Crippen molar-refractivity contribution < 1.29 is 8.78 Å². The molecule has 62 valence electrons. The third-order valence-electron chi connectivity index (χ3n) is 1.51. The summed E-state index contributed by atoms with van der Waals surface area (Å²) in [6.07, 6.45) is 0.473. The minimum absolute atomic E-state index is 0.209. The molecular weight excluding hydrogens is 160 g/mol. The van der Waals surface area contributed by atoms with Gasteiger partial charge in [-0.3, -0.25) is 0 Å². The quantitative estimate of drug-likeness (QED) is 0.663. The average Bonchev–Trinajstić information content (AvgIpc) is 2.07.